The molecule has 2 aromatic carbocycles. The van der Waals surface area contributed by atoms with Gasteiger partial charge in [-0.15, -0.1) is 0 Å². The molecule has 0 saturated carbocycles. The monoisotopic (exact) mass is 439 g/mol. The van der Waals surface area contributed by atoms with Gasteiger partial charge < -0.3 is 19.5 Å². The number of nitrogens with zero attached hydrogens (tertiary/aromatic N) is 1. The number of hydrazone groups is 1. The summed E-state index contributed by atoms with van der Waals surface area (Å²) in [7, 11) is 0. The van der Waals surface area contributed by atoms with E-state index in [1.54, 1.807) is 18.2 Å². The lowest BCUT2D eigenvalue weighted by molar-refractivity contribution is -0.130. The first kappa shape index (κ1) is 23.1. The molecule has 3 rings (SSSR count). The normalized spacial score (nSPS) is 13.3. The summed E-state index contributed by atoms with van der Waals surface area (Å²) in [6.45, 7) is 7.83. The fraction of sp³-hybridized carbons (Fsp3) is 0.375. The van der Waals surface area contributed by atoms with E-state index in [0.29, 0.717) is 23.7 Å². The van der Waals surface area contributed by atoms with Crippen LogP contribution in [0.5, 0.6) is 17.2 Å². The maximum atomic E-state index is 12.6. The first-order chi connectivity index (χ1) is 15.3. The molecule has 2 aromatic rings. The van der Waals surface area contributed by atoms with E-state index in [0.717, 1.165) is 16.7 Å². The zero-order valence-electron chi connectivity index (χ0n) is 18.8. The second-order valence-electron chi connectivity index (χ2n) is 8.11. The number of amides is 2. The minimum absolute atomic E-state index is 0.173. The molecule has 2 amide bonds. The molecule has 0 aromatic heterocycles. The summed E-state index contributed by atoms with van der Waals surface area (Å²) in [5.41, 5.74) is 5.16. The molecule has 32 heavy (non-hydrogen) atoms. The van der Waals surface area contributed by atoms with Crippen molar-refractivity contribution in [1.29, 1.82) is 0 Å². The summed E-state index contributed by atoms with van der Waals surface area (Å²) in [5, 5.41) is 6.77. The van der Waals surface area contributed by atoms with E-state index < -0.39 is 11.9 Å². The molecule has 170 valence electrons. The zero-order valence-corrected chi connectivity index (χ0v) is 18.8. The quantitative estimate of drug-likeness (QED) is 0.462. The summed E-state index contributed by atoms with van der Waals surface area (Å²) in [4.78, 5) is 25.1. The third-order valence-corrected chi connectivity index (χ3v) is 4.90. The Morgan fingerprint density at radius 1 is 1.12 bits per heavy atom. The van der Waals surface area contributed by atoms with E-state index in [4.69, 9.17) is 14.2 Å². The number of rotatable bonds is 9. The molecule has 0 radical (unpaired) electrons. The van der Waals surface area contributed by atoms with Crippen LogP contribution < -0.4 is 25.0 Å². The van der Waals surface area contributed by atoms with Gasteiger partial charge in [0.15, 0.2) is 18.1 Å². The SMILES string of the molecule is Cc1cccc(C)c1OCC(=O)N[C@@H](CC(C)C)C(=O)N/N=C\c1ccc2c(c1)OCO2. The number of carbonyl (C=O) groups excluding carboxylic acids is 2. The Bertz CT molecular complexity index is 983. The molecular weight excluding hydrogens is 410 g/mol. The Hall–Kier alpha value is -3.55. The largest absolute Gasteiger partial charge is 0.483 e. The first-order valence-corrected chi connectivity index (χ1v) is 10.5. The lowest BCUT2D eigenvalue weighted by atomic mass is 10.0. The number of hydrogen-bond acceptors (Lipinski definition) is 6. The number of para-hydroxylation sites is 1. The second kappa shape index (κ2) is 10.7. The molecule has 0 fully saturated rings. The van der Waals surface area contributed by atoms with Crippen molar-refractivity contribution in [3.05, 3.63) is 53.1 Å². The van der Waals surface area contributed by atoms with Crippen molar-refractivity contribution in [1.82, 2.24) is 10.7 Å². The van der Waals surface area contributed by atoms with Crippen LogP contribution in [0.15, 0.2) is 41.5 Å². The predicted octanol–water partition coefficient (Wildman–Crippen LogP) is 3.09. The molecule has 0 saturated heterocycles. The van der Waals surface area contributed by atoms with Gasteiger partial charge in [0.05, 0.1) is 6.21 Å². The number of hydrogen-bond donors (Lipinski definition) is 2. The van der Waals surface area contributed by atoms with Gasteiger partial charge in [-0.05, 0) is 61.1 Å². The van der Waals surface area contributed by atoms with Gasteiger partial charge in [-0.1, -0.05) is 32.0 Å². The molecule has 0 aliphatic carbocycles. The van der Waals surface area contributed by atoms with Crippen LogP contribution in [0, 0.1) is 19.8 Å². The van der Waals surface area contributed by atoms with Crippen LogP contribution in [0.2, 0.25) is 0 Å². The summed E-state index contributed by atoms with van der Waals surface area (Å²) in [5.74, 6) is 1.43. The van der Waals surface area contributed by atoms with Crippen LogP contribution in [-0.2, 0) is 9.59 Å². The standard InChI is InChI=1S/C24H29N3O5/c1-15(2)10-19(26-22(28)13-30-23-16(3)6-5-7-17(23)4)24(29)27-25-12-18-8-9-20-21(11-18)32-14-31-20/h5-9,11-12,15,19H,10,13-14H2,1-4H3,(H,26,28)(H,27,29)/b25-12-/t19-/m0/s1. The van der Waals surface area contributed by atoms with Crippen molar-refractivity contribution in [2.24, 2.45) is 11.0 Å². The van der Waals surface area contributed by atoms with Crippen molar-refractivity contribution in [2.45, 2.75) is 40.2 Å². The molecular formula is C24H29N3O5. The summed E-state index contributed by atoms with van der Waals surface area (Å²) in [6.07, 6.45) is 1.98. The van der Waals surface area contributed by atoms with Crippen molar-refractivity contribution in [3.63, 3.8) is 0 Å². The van der Waals surface area contributed by atoms with E-state index in [-0.39, 0.29) is 25.2 Å². The van der Waals surface area contributed by atoms with Gasteiger partial charge in [0.25, 0.3) is 11.8 Å². The fourth-order valence-corrected chi connectivity index (χ4v) is 3.35. The van der Waals surface area contributed by atoms with Gasteiger partial charge in [0.2, 0.25) is 6.79 Å². The Balaban J connectivity index is 1.56. The molecule has 1 atom stereocenters. The summed E-state index contributed by atoms with van der Waals surface area (Å²) >= 11 is 0. The fourth-order valence-electron chi connectivity index (χ4n) is 3.35. The minimum Gasteiger partial charge on any atom is -0.483 e. The maximum Gasteiger partial charge on any atom is 0.262 e. The van der Waals surface area contributed by atoms with Gasteiger partial charge in [-0.3, -0.25) is 9.59 Å². The van der Waals surface area contributed by atoms with Crippen LogP contribution in [-0.4, -0.2) is 37.5 Å². The Morgan fingerprint density at radius 2 is 1.84 bits per heavy atom. The molecule has 0 bridgehead atoms. The molecule has 1 aliphatic heterocycles. The number of fused-ring (bicyclic) bond motifs is 1. The average molecular weight is 440 g/mol. The van der Waals surface area contributed by atoms with Gasteiger partial charge >= 0.3 is 0 Å². The van der Waals surface area contributed by atoms with Gasteiger partial charge in [-0.25, -0.2) is 5.43 Å². The molecule has 8 heteroatoms. The maximum absolute atomic E-state index is 12.6. The third-order valence-electron chi connectivity index (χ3n) is 4.90. The average Bonchev–Trinajstić information content (AvgIpc) is 3.20. The molecule has 0 unspecified atom stereocenters. The summed E-state index contributed by atoms with van der Waals surface area (Å²) < 4.78 is 16.3. The highest BCUT2D eigenvalue weighted by atomic mass is 16.7. The highest BCUT2D eigenvalue weighted by Crippen LogP contribution is 2.32. The lowest BCUT2D eigenvalue weighted by Crippen LogP contribution is -2.47. The summed E-state index contributed by atoms with van der Waals surface area (Å²) in [6, 6.07) is 10.4. The zero-order chi connectivity index (χ0) is 23.1. The van der Waals surface area contributed by atoms with Crippen LogP contribution in [0.4, 0.5) is 0 Å². The van der Waals surface area contributed by atoms with Crippen LogP contribution in [0.1, 0.15) is 37.0 Å². The highest BCUT2D eigenvalue weighted by molar-refractivity contribution is 5.89. The van der Waals surface area contributed by atoms with Crippen LogP contribution in [0.3, 0.4) is 0 Å². The highest BCUT2D eigenvalue weighted by Gasteiger charge is 2.22. The van der Waals surface area contributed by atoms with Gasteiger partial charge in [-0.2, -0.15) is 5.10 Å². The van der Waals surface area contributed by atoms with E-state index in [9.17, 15) is 9.59 Å². The Morgan fingerprint density at radius 3 is 2.56 bits per heavy atom. The van der Waals surface area contributed by atoms with Crippen LogP contribution >= 0.6 is 0 Å². The third kappa shape index (κ3) is 6.23. The molecule has 2 N–H and O–H groups in total. The van der Waals surface area contributed by atoms with Crippen molar-refractivity contribution in [3.8, 4) is 17.2 Å². The van der Waals surface area contributed by atoms with E-state index in [1.165, 1.54) is 6.21 Å². The number of aryl methyl sites for hydroxylation is 2. The lowest BCUT2D eigenvalue weighted by Gasteiger charge is -2.19. The topological polar surface area (TPSA) is 98.2 Å². The second-order valence-corrected chi connectivity index (χ2v) is 8.11. The number of ether oxygens (including phenoxy) is 3. The number of nitrogens with one attached hydrogen (secondary N) is 2. The minimum atomic E-state index is -0.724. The Kier molecular flexibility index (Phi) is 7.70. The van der Waals surface area contributed by atoms with Gasteiger partial charge in [0.1, 0.15) is 11.8 Å². The molecule has 1 heterocycles. The van der Waals surface area contributed by atoms with Crippen molar-refractivity contribution in [2.75, 3.05) is 13.4 Å². The van der Waals surface area contributed by atoms with E-state index in [2.05, 4.69) is 15.8 Å². The molecule has 0 spiro atoms. The van der Waals surface area contributed by atoms with Crippen molar-refractivity contribution < 1.29 is 23.8 Å². The smallest absolute Gasteiger partial charge is 0.262 e. The van der Waals surface area contributed by atoms with Gasteiger partial charge in [0, 0.05) is 0 Å². The van der Waals surface area contributed by atoms with Crippen LogP contribution in [0.25, 0.3) is 0 Å². The number of carbonyl (C=O) groups is 2. The first-order valence-electron chi connectivity index (χ1n) is 10.5. The predicted molar refractivity (Wildman–Crippen MR) is 121 cm³/mol. The van der Waals surface area contributed by atoms with Crippen molar-refractivity contribution >= 4 is 18.0 Å². The van der Waals surface area contributed by atoms with E-state index >= 15 is 0 Å². The van der Waals surface area contributed by atoms with E-state index in [1.807, 2.05) is 45.9 Å². The number of benzene rings is 2. The molecule has 1 aliphatic rings. The molecule has 8 nitrogen and oxygen atoms in total. The Labute approximate surface area is 187 Å².